The normalized spacial score (nSPS) is 13.3. The molecule has 3 aromatic rings. The third-order valence-electron chi connectivity index (χ3n) is 4.13. The lowest BCUT2D eigenvalue weighted by molar-refractivity contribution is 0.101. The summed E-state index contributed by atoms with van der Waals surface area (Å²) < 4.78 is 21.8. The van der Waals surface area contributed by atoms with Crippen LogP contribution in [0.1, 0.15) is 17.3 Å². The Balaban J connectivity index is 1.27. The van der Waals surface area contributed by atoms with Crippen molar-refractivity contribution in [2.45, 2.75) is 18.3 Å². The first-order valence-corrected chi connectivity index (χ1v) is 9.85. The number of carbonyl (C=O) groups excluding carboxylic acids is 1. The number of aromatic nitrogens is 2. The van der Waals surface area contributed by atoms with E-state index in [-0.39, 0.29) is 19.2 Å². The van der Waals surface area contributed by atoms with Crippen molar-refractivity contribution in [1.29, 1.82) is 0 Å². The molecule has 0 fully saturated rings. The lowest BCUT2D eigenvalue weighted by Gasteiger charge is -2.11. The largest absolute Gasteiger partial charge is 0.491 e. The van der Waals surface area contributed by atoms with Gasteiger partial charge in [0, 0.05) is 16.9 Å². The number of aliphatic hydroxyl groups is 1. The molecule has 1 aliphatic heterocycles. The van der Waals surface area contributed by atoms with Gasteiger partial charge < -0.3 is 23.7 Å². The lowest BCUT2D eigenvalue weighted by Crippen LogP contribution is -2.20. The molecule has 1 aliphatic rings. The molecule has 1 atom stereocenters. The van der Waals surface area contributed by atoms with Crippen molar-refractivity contribution in [3.63, 3.8) is 0 Å². The third kappa shape index (κ3) is 4.69. The van der Waals surface area contributed by atoms with E-state index in [0.717, 1.165) is 5.56 Å². The van der Waals surface area contributed by atoms with Crippen LogP contribution in [-0.2, 0) is 0 Å². The summed E-state index contributed by atoms with van der Waals surface area (Å²) in [7, 11) is 0. The molecule has 150 valence electrons. The van der Waals surface area contributed by atoms with Gasteiger partial charge in [-0.25, -0.2) is 0 Å². The van der Waals surface area contributed by atoms with Gasteiger partial charge in [-0.3, -0.25) is 4.79 Å². The van der Waals surface area contributed by atoms with Gasteiger partial charge in [-0.05, 0) is 49.4 Å². The summed E-state index contributed by atoms with van der Waals surface area (Å²) in [5, 5.41) is 18.5. The van der Waals surface area contributed by atoms with E-state index < -0.39 is 6.10 Å². The summed E-state index contributed by atoms with van der Waals surface area (Å²) in [6.45, 7) is 1.81. The molecule has 0 saturated carbocycles. The molecule has 2 aromatic carbocycles. The average Bonchev–Trinajstić information content (AvgIpc) is 3.39. The highest BCUT2D eigenvalue weighted by molar-refractivity contribution is 7.99. The van der Waals surface area contributed by atoms with Crippen LogP contribution in [0.25, 0.3) is 11.5 Å². The summed E-state index contributed by atoms with van der Waals surface area (Å²) in [6, 6.07) is 12.2. The number of fused-ring (bicyclic) bond motifs is 1. The van der Waals surface area contributed by atoms with Crippen molar-refractivity contribution in [3.05, 3.63) is 48.0 Å². The molecule has 1 aromatic heterocycles. The number of rotatable bonds is 8. The van der Waals surface area contributed by atoms with Crippen LogP contribution in [0.4, 0.5) is 0 Å². The van der Waals surface area contributed by atoms with Gasteiger partial charge in [-0.2, -0.15) is 0 Å². The van der Waals surface area contributed by atoms with Crippen molar-refractivity contribution in [2.24, 2.45) is 0 Å². The number of nitrogens with zero attached hydrogens (tertiary/aromatic N) is 2. The van der Waals surface area contributed by atoms with E-state index in [1.165, 1.54) is 18.7 Å². The number of Topliss-reactive ketones (excluding diaryl/α,β-unsaturated/α-hetero) is 1. The maximum atomic E-state index is 11.3. The summed E-state index contributed by atoms with van der Waals surface area (Å²) >= 11 is 1.24. The van der Waals surface area contributed by atoms with Crippen molar-refractivity contribution >= 4 is 17.5 Å². The zero-order chi connectivity index (χ0) is 20.2. The van der Waals surface area contributed by atoms with Gasteiger partial charge in [0.2, 0.25) is 12.7 Å². The Kier molecular flexibility index (Phi) is 5.68. The number of benzene rings is 2. The Morgan fingerprint density at radius 1 is 1.17 bits per heavy atom. The predicted octanol–water partition coefficient (Wildman–Crippen LogP) is 3.20. The average molecular weight is 414 g/mol. The van der Waals surface area contributed by atoms with Crippen molar-refractivity contribution in [3.8, 4) is 28.7 Å². The second-order valence-corrected chi connectivity index (χ2v) is 7.27. The van der Waals surface area contributed by atoms with Crippen LogP contribution in [0.5, 0.6) is 17.2 Å². The van der Waals surface area contributed by atoms with Crippen molar-refractivity contribution < 1.29 is 28.5 Å². The fourth-order valence-electron chi connectivity index (χ4n) is 2.61. The molecule has 0 radical (unpaired) electrons. The number of aliphatic hydroxyl groups excluding tert-OH is 1. The van der Waals surface area contributed by atoms with Gasteiger partial charge in [-0.15, -0.1) is 10.2 Å². The van der Waals surface area contributed by atoms with Crippen LogP contribution in [0, 0.1) is 0 Å². The molecular weight excluding hydrogens is 396 g/mol. The van der Waals surface area contributed by atoms with E-state index in [9.17, 15) is 9.90 Å². The van der Waals surface area contributed by atoms with E-state index >= 15 is 0 Å². The molecule has 0 amide bonds. The Bertz CT molecular complexity index is 1000. The van der Waals surface area contributed by atoms with E-state index in [0.29, 0.717) is 39.7 Å². The third-order valence-corrected chi connectivity index (χ3v) is 5.09. The first-order chi connectivity index (χ1) is 14.1. The first-order valence-electron chi connectivity index (χ1n) is 8.86. The standard InChI is InChI=1S/C20H18N2O6S/c1-12(23)13-2-5-16(6-3-13)25-9-15(24)10-29-20-22-21-19(28-20)14-4-7-17-18(8-14)27-11-26-17/h2-8,15,24H,9-11H2,1H3. The molecule has 0 spiro atoms. The van der Waals surface area contributed by atoms with Crippen LogP contribution in [0.3, 0.4) is 0 Å². The Morgan fingerprint density at radius 3 is 2.76 bits per heavy atom. The zero-order valence-corrected chi connectivity index (χ0v) is 16.3. The molecule has 0 saturated heterocycles. The molecule has 1 N–H and O–H groups in total. The van der Waals surface area contributed by atoms with Gasteiger partial charge in [0.15, 0.2) is 17.3 Å². The zero-order valence-electron chi connectivity index (χ0n) is 15.5. The summed E-state index contributed by atoms with van der Waals surface area (Å²) in [6.07, 6.45) is -0.728. The second-order valence-electron chi connectivity index (χ2n) is 6.30. The van der Waals surface area contributed by atoms with Crippen molar-refractivity contribution in [1.82, 2.24) is 10.2 Å². The first kappa shape index (κ1) is 19.3. The minimum Gasteiger partial charge on any atom is -0.491 e. The molecule has 0 bridgehead atoms. The molecule has 9 heteroatoms. The topological polar surface area (TPSA) is 104 Å². The maximum absolute atomic E-state index is 11.3. The number of hydrogen-bond donors (Lipinski definition) is 1. The fourth-order valence-corrected chi connectivity index (χ4v) is 3.28. The molecule has 4 rings (SSSR count). The molecule has 1 unspecified atom stereocenters. The van der Waals surface area contributed by atoms with Crippen LogP contribution < -0.4 is 14.2 Å². The van der Waals surface area contributed by atoms with Crippen LogP contribution in [0.15, 0.2) is 52.1 Å². The molecular formula is C20H18N2O6S. The highest BCUT2D eigenvalue weighted by Gasteiger charge is 2.17. The lowest BCUT2D eigenvalue weighted by atomic mass is 10.1. The summed E-state index contributed by atoms with van der Waals surface area (Å²) in [4.78, 5) is 11.3. The molecule has 2 heterocycles. The Hall–Kier alpha value is -3.04. The van der Waals surface area contributed by atoms with Crippen LogP contribution >= 0.6 is 11.8 Å². The van der Waals surface area contributed by atoms with Gasteiger partial charge in [0.1, 0.15) is 12.4 Å². The number of hydrogen-bond acceptors (Lipinski definition) is 9. The number of carbonyl (C=O) groups is 1. The highest BCUT2D eigenvalue weighted by Crippen LogP contribution is 2.36. The number of ketones is 1. The molecule has 29 heavy (non-hydrogen) atoms. The minimum atomic E-state index is -0.728. The SMILES string of the molecule is CC(=O)c1ccc(OCC(O)CSc2nnc(-c3ccc4c(c3)OCO4)o2)cc1. The van der Waals surface area contributed by atoms with E-state index in [1.807, 2.05) is 6.07 Å². The summed E-state index contributed by atoms with van der Waals surface area (Å²) in [5.74, 6) is 2.59. The number of thioether (sulfide) groups is 1. The summed E-state index contributed by atoms with van der Waals surface area (Å²) in [5.41, 5.74) is 1.34. The van der Waals surface area contributed by atoms with Gasteiger partial charge in [-0.1, -0.05) is 11.8 Å². The minimum absolute atomic E-state index is 0.00680. The van der Waals surface area contributed by atoms with E-state index in [2.05, 4.69) is 10.2 Å². The molecule has 0 aliphatic carbocycles. The Labute approximate surface area is 170 Å². The fraction of sp³-hybridized carbons (Fsp3) is 0.250. The van der Waals surface area contributed by atoms with Crippen LogP contribution in [0.2, 0.25) is 0 Å². The molecule has 8 nitrogen and oxygen atoms in total. The maximum Gasteiger partial charge on any atom is 0.276 e. The predicted molar refractivity (Wildman–Crippen MR) is 105 cm³/mol. The monoisotopic (exact) mass is 414 g/mol. The smallest absolute Gasteiger partial charge is 0.276 e. The van der Waals surface area contributed by atoms with E-state index in [1.54, 1.807) is 36.4 Å². The quantitative estimate of drug-likeness (QED) is 0.439. The number of ether oxygens (including phenoxy) is 3. The van der Waals surface area contributed by atoms with Gasteiger partial charge >= 0.3 is 0 Å². The second kappa shape index (κ2) is 8.54. The van der Waals surface area contributed by atoms with Gasteiger partial charge in [0.25, 0.3) is 5.22 Å². The van der Waals surface area contributed by atoms with Gasteiger partial charge in [0.05, 0.1) is 6.10 Å². The highest BCUT2D eigenvalue weighted by atomic mass is 32.2. The Morgan fingerprint density at radius 2 is 1.97 bits per heavy atom. The van der Waals surface area contributed by atoms with Crippen LogP contribution in [-0.4, -0.2) is 46.3 Å². The van der Waals surface area contributed by atoms with E-state index in [4.69, 9.17) is 18.6 Å². The van der Waals surface area contributed by atoms with Crippen molar-refractivity contribution in [2.75, 3.05) is 19.2 Å².